The summed E-state index contributed by atoms with van der Waals surface area (Å²) in [6, 6.07) is 20.0. The number of halogens is 1. The highest BCUT2D eigenvalue weighted by Crippen LogP contribution is 2.34. The fraction of sp³-hybridized carbons (Fsp3) is 0.174. The Morgan fingerprint density at radius 2 is 1.81 bits per heavy atom. The molecule has 0 atom stereocenters. The van der Waals surface area contributed by atoms with E-state index in [0.717, 1.165) is 32.4 Å². The number of amides is 1. The third kappa shape index (κ3) is 2.98. The van der Waals surface area contributed by atoms with Gasteiger partial charge in [0.05, 0.1) is 5.52 Å². The molecule has 1 aromatic heterocycles. The number of benzene rings is 3. The molecule has 0 aliphatic heterocycles. The Balaban J connectivity index is 2.07. The summed E-state index contributed by atoms with van der Waals surface area (Å²) in [5, 5.41) is 2.68. The molecule has 0 radical (unpaired) electrons. The summed E-state index contributed by atoms with van der Waals surface area (Å²) in [5.74, 6) is 0.00196. The summed E-state index contributed by atoms with van der Waals surface area (Å²) < 4.78 is 2.23. The molecule has 0 saturated heterocycles. The van der Waals surface area contributed by atoms with Crippen molar-refractivity contribution in [2.75, 3.05) is 0 Å². The van der Waals surface area contributed by atoms with Gasteiger partial charge in [-0.3, -0.25) is 4.79 Å². The number of fused-ring (bicyclic) bond motifs is 3. The Morgan fingerprint density at radius 1 is 1.04 bits per heavy atom. The SMILES string of the molecule is CC(C)c1ccc2c3c(C(N)=O)cccc3n(Cc3ccccc3Cl)c2c1. The lowest BCUT2D eigenvalue weighted by Gasteiger charge is -2.11. The third-order valence-corrected chi connectivity index (χ3v) is 5.50. The summed E-state index contributed by atoms with van der Waals surface area (Å²) in [5.41, 5.74) is 10.6. The molecular weight excluding hydrogens is 356 g/mol. The molecule has 2 N–H and O–H groups in total. The fourth-order valence-electron chi connectivity index (χ4n) is 3.69. The summed E-state index contributed by atoms with van der Waals surface area (Å²) in [7, 11) is 0. The van der Waals surface area contributed by atoms with Crippen molar-refractivity contribution in [3.63, 3.8) is 0 Å². The lowest BCUT2D eigenvalue weighted by molar-refractivity contribution is 0.100. The summed E-state index contributed by atoms with van der Waals surface area (Å²) in [6.45, 7) is 4.98. The fourth-order valence-corrected chi connectivity index (χ4v) is 3.89. The van der Waals surface area contributed by atoms with Crippen molar-refractivity contribution < 1.29 is 4.79 Å². The highest BCUT2D eigenvalue weighted by Gasteiger charge is 2.17. The molecule has 0 bridgehead atoms. The molecule has 3 nitrogen and oxygen atoms in total. The molecular formula is C23H21ClN2O. The molecule has 0 fully saturated rings. The van der Waals surface area contributed by atoms with E-state index in [-0.39, 0.29) is 0 Å². The van der Waals surface area contributed by atoms with E-state index in [1.165, 1.54) is 5.56 Å². The van der Waals surface area contributed by atoms with Crippen molar-refractivity contribution >= 4 is 39.3 Å². The van der Waals surface area contributed by atoms with E-state index in [1.807, 2.05) is 36.4 Å². The maximum Gasteiger partial charge on any atom is 0.249 e. The van der Waals surface area contributed by atoms with E-state index >= 15 is 0 Å². The van der Waals surface area contributed by atoms with Crippen molar-refractivity contribution in [3.8, 4) is 0 Å². The van der Waals surface area contributed by atoms with E-state index in [4.69, 9.17) is 17.3 Å². The van der Waals surface area contributed by atoms with Crippen LogP contribution in [-0.4, -0.2) is 10.5 Å². The van der Waals surface area contributed by atoms with Crippen LogP contribution in [0, 0.1) is 0 Å². The Hall–Kier alpha value is -2.78. The molecule has 1 heterocycles. The zero-order valence-corrected chi connectivity index (χ0v) is 16.1. The minimum Gasteiger partial charge on any atom is -0.366 e. The minimum absolute atomic E-state index is 0.412. The van der Waals surface area contributed by atoms with Crippen LogP contribution in [0.4, 0.5) is 0 Å². The highest BCUT2D eigenvalue weighted by molar-refractivity contribution is 6.31. The number of hydrogen-bond acceptors (Lipinski definition) is 1. The minimum atomic E-state index is -0.412. The summed E-state index contributed by atoms with van der Waals surface area (Å²) in [6.07, 6.45) is 0. The molecule has 27 heavy (non-hydrogen) atoms. The molecule has 3 aromatic carbocycles. The van der Waals surface area contributed by atoms with Crippen LogP contribution in [0.2, 0.25) is 5.02 Å². The summed E-state index contributed by atoms with van der Waals surface area (Å²) >= 11 is 6.42. The van der Waals surface area contributed by atoms with Crippen LogP contribution in [0.25, 0.3) is 21.8 Å². The van der Waals surface area contributed by atoms with Gasteiger partial charge in [0.15, 0.2) is 0 Å². The second-order valence-corrected chi connectivity index (χ2v) is 7.58. The van der Waals surface area contributed by atoms with Gasteiger partial charge in [0.1, 0.15) is 0 Å². The second-order valence-electron chi connectivity index (χ2n) is 7.17. The van der Waals surface area contributed by atoms with Crippen LogP contribution >= 0.6 is 11.6 Å². The van der Waals surface area contributed by atoms with Crippen LogP contribution in [0.5, 0.6) is 0 Å². The molecule has 0 saturated carbocycles. The lowest BCUT2D eigenvalue weighted by atomic mass is 10.00. The Kier molecular flexibility index (Phi) is 4.40. The molecule has 0 aliphatic rings. The number of nitrogens with two attached hydrogens (primary N) is 1. The zero-order valence-electron chi connectivity index (χ0n) is 15.4. The van der Waals surface area contributed by atoms with Crippen LogP contribution in [-0.2, 0) is 6.54 Å². The first-order valence-electron chi connectivity index (χ1n) is 9.05. The Labute approximate surface area is 163 Å². The quantitative estimate of drug-likeness (QED) is 0.486. The van der Waals surface area contributed by atoms with E-state index < -0.39 is 5.91 Å². The molecule has 0 unspecified atom stereocenters. The smallest absolute Gasteiger partial charge is 0.249 e. The van der Waals surface area contributed by atoms with Crippen LogP contribution < -0.4 is 5.73 Å². The number of nitrogens with zero attached hydrogens (tertiary/aromatic N) is 1. The largest absolute Gasteiger partial charge is 0.366 e. The van der Waals surface area contributed by atoms with Gasteiger partial charge in [0, 0.05) is 33.4 Å². The number of carbonyl (C=O) groups is 1. The molecule has 4 heteroatoms. The number of carbonyl (C=O) groups excluding carboxylic acids is 1. The van der Waals surface area contributed by atoms with Gasteiger partial charge in [0.25, 0.3) is 0 Å². The normalized spacial score (nSPS) is 11.6. The number of hydrogen-bond donors (Lipinski definition) is 1. The standard InChI is InChI=1S/C23H21ClN2O/c1-14(2)15-10-11-17-21(12-15)26(13-16-6-3-4-8-19(16)24)20-9-5-7-18(22(17)20)23(25)27/h3-12,14H,13H2,1-2H3,(H2,25,27). The number of primary amides is 1. The second kappa shape index (κ2) is 6.75. The molecule has 0 aliphatic carbocycles. The summed E-state index contributed by atoms with van der Waals surface area (Å²) in [4.78, 5) is 12.0. The van der Waals surface area contributed by atoms with E-state index in [2.05, 4.69) is 36.6 Å². The molecule has 4 rings (SSSR count). The van der Waals surface area contributed by atoms with E-state index in [9.17, 15) is 4.79 Å². The zero-order chi connectivity index (χ0) is 19.1. The van der Waals surface area contributed by atoms with Gasteiger partial charge in [-0.05, 0) is 41.3 Å². The van der Waals surface area contributed by atoms with Crippen molar-refractivity contribution in [3.05, 3.63) is 82.4 Å². The number of aromatic nitrogens is 1. The topological polar surface area (TPSA) is 48.0 Å². The van der Waals surface area contributed by atoms with Gasteiger partial charge in [-0.2, -0.15) is 0 Å². The van der Waals surface area contributed by atoms with Crippen LogP contribution in [0.3, 0.4) is 0 Å². The van der Waals surface area contributed by atoms with Crippen molar-refractivity contribution in [1.82, 2.24) is 4.57 Å². The first-order valence-corrected chi connectivity index (χ1v) is 9.43. The Morgan fingerprint density at radius 3 is 2.52 bits per heavy atom. The maximum atomic E-state index is 12.0. The van der Waals surface area contributed by atoms with Gasteiger partial charge in [-0.25, -0.2) is 0 Å². The monoisotopic (exact) mass is 376 g/mol. The average Bonchev–Trinajstić information content (AvgIpc) is 2.96. The molecule has 1 amide bonds. The van der Waals surface area contributed by atoms with E-state index in [1.54, 1.807) is 6.07 Å². The predicted molar refractivity (Wildman–Crippen MR) is 113 cm³/mol. The third-order valence-electron chi connectivity index (χ3n) is 5.13. The Bertz CT molecular complexity index is 1170. The average molecular weight is 377 g/mol. The van der Waals surface area contributed by atoms with Crippen LogP contribution in [0.1, 0.15) is 41.3 Å². The first kappa shape index (κ1) is 17.6. The van der Waals surface area contributed by atoms with Crippen molar-refractivity contribution in [2.45, 2.75) is 26.3 Å². The van der Waals surface area contributed by atoms with Gasteiger partial charge >= 0.3 is 0 Å². The first-order chi connectivity index (χ1) is 13.0. The lowest BCUT2D eigenvalue weighted by Crippen LogP contribution is -2.11. The highest BCUT2D eigenvalue weighted by atomic mass is 35.5. The predicted octanol–water partition coefficient (Wildman–Crippen LogP) is 5.72. The van der Waals surface area contributed by atoms with E-state index in [0.29, 0.717) is 18.0 Å². The van der Waals surface area contributed by atoms with Gasteiger partial charge in [-0.15, -0.1) is 0 Å². The molecule has 136 valence electrons. The van der Waals surface area contributed by atoms with Crippen molar-refractivity contribution in [1.29, 1.82) is 0 Å². The van der Waals surface area contributed by atoms with Gasteiger partial charge in [-0.1, -0.05) is 61.8 Å². The maximum absolute atomic E-state index is 12.0. The molecule has 4 aromatic rings. The van der Waals surface area contributed by atoms with Crippen LogP contribution in [0.15, 0.2) is 60.7 Å². The van der Waals surface area contributed by atoms with Gasteiger partial charge in [0.2, 0.25) is 5.91 Å². The van der Waals surface area contributed by atoms with Crippen molar-refractivity contribution in [2.24, 2.45) is 5.73 Å². The van der Waals surface area contributed by atoms with Gasteiger partial charge < -0.3 is 10.3 Å². The molecule has 0 spiro atoms. The number of rotatable bonds is 4.